The summed E-state index contributed by atoms with van der Waals surface area (Å²) in [4.78, 5) is 16.5. The zero-order chi connectivity index (χ0) is 18.1. The summed E-state index contributed by atoms with van der Waals surface area (Å²) in [5.74, 6) is -0.360. The number of hydrogen-bond donors (Lipinski definition) is 0. The number of ether oxygens (including phenoxy) is 1. The van der Waals surface area contributed by atoms with Crippen LogP contribution in [0.4, 0.5) is 0 Å². The Hall–Kier alpha value is -1.82. The first-order valence-corrected chi connectivity index (χ1v) is 8.21. The Morgan fingerprint density at radius 1 is 1.12 bits per heavy atom. The SMILES string of the molecule is CC(C)CO/N=C/c1ccc(OC(Cc2ccccc2)C(=O)[O-])cc1.[Na+]. The number of nitrogens with zero attached hydrogens (tertiary/aromatic N) is 1. The summed E-state index contributed by atoms with van der Waals surface area (Å²) >= 11 is 0. The number of hydrogen-bond acceptors (Lipinski definition) is 5. The van der Waals surface area contributed by atoms with E-state index in [1.54, 1.807) is 30.5 Å². The van der Waals surface area contributed by atoms with E-state index in [1.807, 2.05) is 44.2 Å². The summed E-state index contributed by atoms with van der Waals surface area (Å²) in [5, 5.41) is 15.2. The van der Waals surface area contributed by atoms with Crippen molar-refractivity contribution < 1.29 is 49.0 Å². The molecular formula is C20H22NNaO4. The molecule has 132 valence electrons. The first-order chi connectivity index (χ1) is 12.0. The average molecular weight is 363 g/mol. The molecule has 0 bridgehead atoms. The monoisotopic (exact) mass is 363 g/mol. The van der Waals surface area contributed by atoms with Crippen LogP contribution in [-0.4, -0.2) is 24.9 Å². The van der Waals surface area contributed by atoms with Crippen LogP contribution in [-0.2, 0) is 16.1 Å². The van der Waals surface area contributed by atoms with E-state index in [4.69, 9.17) is 9.57 Å². The number of oxime groups is 1. The van der Waals surface area contributed by atoms with Crippen LogP contribution in [0, 0.1) is 5.92 Å². The maximum absolute atomic E-state index is 11.3. The molecule has 0 N–H and O–H groups in total. The van der Waals surface area contributed by atoms with E-state index in [1.165, 1.54) is 0 Å². The minimum absolute atomic E-state index is 0. The molecule has 0 spiro atoms. The third kappa shape index (κ3) is 8.04. The quantitative estimate of drug-likeness (QED) is 0.340. The number of carboxylic acid groups (broad SMARTS) is 1. The molecule has 0 aliphatic carbocycles. The molecule has 0 heterocycles. The van der Waals surface area contributed by atoms with Crippen molar-refractivity contribution in [1.29, 1.82) is 0 Å². The number of carboxylic acids is 1. The van der Waals surface area contributed by atoms with Gasteiger partial charge in [-0.25, -0.2) is 0 Å². The Kier molecular flexibility index (Phi) is 10.0. The van der Waals surface area contributed by atoms with Gasteiger partial charge in [-0.1, -0.05) is 49.3 Å². The van der Waals surface area contributed by atoms with E-state index in [2.05, 4.69) is 5.16 Å². The van der Waals surface area contributed by atoms with Crippen molar-refractivity contribution in [1.82, 2.24) is 0 Å². The molecule has 0 saturated heterocycles. The molecule has 1 unspecified atom stereocenters. The van der Waals surface area contributed by atoms with Crippen molar-refractivity contribution in [2.24, 2.45) is 11.1 Å². The van der Waals surface area contributed by atoms with Gasteiger partial charge in [0.2, 0.25) is 0 Å². The number of rotatable bonds is 9. The van der Waals surface area contributed by atoms with E-state index >= 15 is 0 Å². The van der Waals surface area contributed by atoms with Gasteiger partial charge in [0.15, 0.2) is 0 Å². The predicted octanol–water partition coefficient (Wildman–Crippen LogP) is -0.563. The Bertz CT molecular complexity index is 687. The van der Waals surface area contributed by atoms with Crippen molar-refractivity contribution in [3.63, 3.8) is 0 Å². The smallest absolute Gasteiger partial charge is 0.546 e. The molecule has 2 rings (SSSR count). The summed E-state index contributed by atoms with van der Waals surface area (Å²) in [5.41, 5.74) is 1.71. The van der Waals surface area contributed by atoms with Crippen molar-refractivity contribution in [2.45, 2.75) is 26.4 Å². The van der Waals surface area contributed by atoms with Crippen LogP contribution in [0.5, 0.6) is 5.75 Å². The van der Waals surface area contributed by atoms with Crippen LogP contribution in [0.1, 0.15) is 25.0 Å². The minimum atomic E-state index is -1.24. The van der Waals surface area contributed by atoms with Crippen molar-refractivity contribution in [3.05, 3.63) is 65.7 Å². The maximum atomic E-state index is 11.3. The molecule has 2 aromatic rings. The molecule has 0 saturated carbocycles. The van der Waals surface area contributed by atoms with E-state index in [-0.39, 0.29) is 36.0 Å². The number of carbonyl (C=O) groups is 1. The molecule has 2 aromatic carbocycles. The number of carbonyl (C=O) groups excluding carboxylic acids is 1. The average Bonchev–Trinajstić information content (AvgIpc) is 2.60. The zero-order valence-electron chi connectivity index (χ0n) is 15.4. The fraction of sp³-hybridized carbons (Fsp3) is 0.300. The first-order valence-electron chi connectivity index (χ1n) is 8.21. The second-order valence-corrected chi connectivity index (χ2v) is 6.11. The Balaban J connectivity index is 0.00000338. The van der Waals surface area contributed by atoms with Crippen LogP contribution < -0.4 is 39.4 Å². The van der Waals surface area contributed by atoms with Crippen LogP contribution in [0.3, 0.4) is 0 Å². The Labute approximate surface area is 176 Å². The van der Waals surface area contributed by atoms with Crippen molar-refractivity contribution in [3.8, 4) is 5.75 Å². The number of aliphatic carboxylic acids is 1. The van der Waals surface area contributed by atoms with Gasteiger partial charge in [0.1, 0.15) is 18.5 Å². The van der Waals surface area contributed by atoms with Gasteiger partial charge >= 0.3 is 29.6 Å². The normalized spacial score (nSPS) is 11.8. The molecule has 1 atom stereocenters. The van der Waals surface area contributed by atoms with Gasteiger partial charge in [-0.05, 0) is 41.3 Å². The van der Waals surface area contributed by atoms with Gasteiger partial charge < -0.3 is 19.5 Å². The summed E-state index contributed by atoms with van der Waals surface area (Å²) < 4.78 is 5.55. The molecule has 0 amide bonds. The van der Waals surface area contributed by atoms with Gasteiger partial charge in [0.05, 0.1) is 12.2 Å². The third-order valence-electron chi connectivity index (χ3n) is 3.37. The molecule has 6 heteroatoms. The van der Waals surface area contributed by atoms with E-state index in [0.717, 1.165) is 11.1 Å². The largest absolute Gasteiger partial charge is 1.00 e. The molecular weight excluding hydrogens is 341 g/mol. The van der Waals surface area contributed by atoms with Crippen molar-refractivity contribution >= 4 is 12.2 Å². The zero-order valence-corrected chi connectivity index (χ0v) is 17.4. The third-order valence-corrected chi connectivity index (χ3v) is 3.37. The number of benzene rings is 2. The van der Waals surface area contributed by atoms with Gasteiger partial charge in [-0.3, -0.25) is 0 Å². The summed E-state index contributed by atoms with van der Waals surface area (Å²) in [6.07, 6.45) is 0.804. The summed E-state index contributed by atoms with van der Waals surface area (Å²) in [6, 6.07) is 16.3. The summed E-state index contributed by atoms with van der Waals surface area (Å²) in [7, 11) is 0. The Morgan fingerprint density at radius 3 is 2.35 bits per heavy atom. The molecule has 0 aromatic heterocycles. The fourth-order valence-corrected chi connectivity index (χ4v) is 2.09. The standard InChI is InChI=1S/C20H23NO4.Na/c1-15(2)14-24-21-13-17-8-10-18(11-9-17)25-19(20(22)23)12-16-6-4-3-5-7-16;/h3-11,13,15,19H,12,14H2,1-2H3,(H,22,23);/q;+1/p-1/b21-13+;. The van der Waals surface area contributed by atoms with E-state index < -0.39 is 12.1 Å². The van der Waals surface area contributed by atoms with Crippen LogP contribution in [0.25, 0.3) is 0 Å². The van der Waals surface area contributed by atoms with E-state index in [9.17, 15) is 9.90 Å². The fourth-order valence-electron chi connectivity index (χ4n) is 2.09. The molecule has 26 heavy (non-hydrogen) atoms. The van der Waals surface area contributed by atoms with Crippen LogP contribution in [0.15, 0.2) is 59.8 Å². The second kappa shape index (κ2) is 11.7. The second-order valence-electron chi connectivity index (χ2n) is 6.11. The predicted molar refractivity (Wildman–Crippen MR) is 94.4 cm³/mol. The van der Waals surface area contributed by atoms with Crippen LogP contribution in [0.2, 0.25) is 0 Å². The van der Waals surface area contributed by atoms with Gasteiger partial charge in [0, 0.05) is 6.42 Å². The molecule has 0 fully saturated rings. The van der Waals surface area contributed by atoms with Crippen LogP contribution >= 0.6 is 0 Å². The van der Waals surface area contributed by atoms with E-state index in [0.29, 0.717) is 18.3 Å². The molecule has 0 aliphatic heterocycles. The van der Waals surface area contributed by atoms with Gasteiger partial charge in [-0.2, -0.15) is 0 Å². The minimum Gasteiger partial charge on any atom is -0.546 e. The maximum Gasteiger partial charge on any atom is 1.00 e. The summed E-state index contributed by atoms with van der Waals surface area (Å²) in [6.45, 7) is 4.65. The molecule has 0 radical (unpaired) electrons. The van der Waals surface area contributed by atoms with Gasteiger partial charge in [-0.15, -0.1) is 0 Å². The van der Waals surface area contributed by atoms with Crippen molar-refractivity contribution in [2.75, 3.05) is 6.61 Å². The van der Waals surface area contributed by atoms with Gasteiger partial charge in [0.25, 0.3) is 0 Å². The molecule has 5 nitrogen and oxygen atoms in total. The first kappa shape index (κ1) is 22.2. The Morgan fingerprint density at radius 2 is 1.77 bits per heavy atom. The topological polar surface area (TPSA) is 71.0 Å². The molecule has 0 aliphatic rings.